The zero-order valence-electron chi connectivity index (χ0n) is 5.63. The first-order chi connectivity index (χ1) is 3.77. The third-order valence-electron chi connectivity index (χ3n) is 0.533. The molecule has 0 aromatic heterocycles. The molecule has 0 amide bonds. The molecule has 0 radical (unpaired) electrons. The molecule has 0 unspecified atom stereocenters. The molecule has 0 fully saturated rings. The van der Waals surface area contributed by atoms with Gasteiger partial charge >= 0.3 is 0 Å². The third-order valence-corrected chi connectivity index (χ3v) is 0.533. The fraction of sp³-hybridized carbons (Fsp3) is 0.500. The molecule has 0 atom stereocenters. The van der Waals surface area contributed by atoms with Gasteiger partial charge in [0.1, 0.15) is 0 Å². The van der Waals surface area contributed by atoms with Crippen molar-refractivity contribution in [3.8, 4) is 0 Å². The number of aliphatic imine (C=N–C) groups is 1. The van der Waals surface area contributed by atoms with Crippen LogP contribution in [0.4, 0.5) is 0 Å². The summed E-state index contributed by atoms with van der Waals surface area (Å²) in [6, 6.07) is 0. The van der Waals surface area contributed by atoms with Crippen LogP contribution in [-0.4, -0.2) is 25.3 Å². The van der Waals surface area contributed by atoms with E-state index in [1.165, 1.54) is 0 Å². The Morgan fingerprint density at radius 1 is 1.38 bits per heavy atom. The summed E-state index contributed by atoms with van der Waals surface area (Å²) >= 11 is 0. The van der Waals surface area contributed by atoms with Gasteiger partial charge in [-0.15, -0.1) is 0 Å². The van der Waals surface area contributed by atoms with Gasteiger partial charge in [-0.3, -0.25) is 0 Å². The Labute approximate surface area is 50.5 Å². The van der Waals surface area contributed by atoms with Crippen molar-refractivity contribution in [2.45, 2.75) is 6.92 Å². The van der Waals surface area contributed by atoms with E-state index in [1.807, 2.05) is 32.0 Å². The highest BCUT2D eigenvalue weighted by atomic mass is 15.1. The van der Waals surface area contributed by atoms with Crippen LogP contribution < -0.4 is 0 Å². The molecule has 0 saturated heterocycles. The summed E-state index contributed by atoms with van der Waals surface area (Å²) in [4.78, 5) is 5.80. The van der Waals surface area contributed by atoms with Crippen LogP contribution in [0.25, 0.3) is 0 Å². The van der Waals surface area contributed by atoms with E-state index in [0.29, 0.717) is 0 Å². The Kier molecular flexibility index (Phi) is 3.94. The first kappa shape index (κ1) is 7.21. The topological polar surface area (TPSA) is 15.6 Å². The van der Waals surface area contributed by atoms with Crippen LogP contribution in [-0.2, 0) is 0 Å². The zero-order valence-corrected chi connectivity index (χ0v) is 5.63. The van der Waals surface area contributed by atoms with Gasteiger partial charge in [0, 0.05) is 20.3 Å². The molecule has 0 aliphatic carbocycles. The van der Waals surface area contributed by atoms with Crippen molar-refractivity contribution in [3.63, 3.8) is 0 Å². The monoisotopic (exact) mass is 112 g/mol. The molecule has 0 aromatic rings. The van der Waals surface area contributed by atoms with Crippen LogP contribution in [0, 0.1) is 0 Å². The highest BCUT2D eigenvalue weighted by molar-refractivity contribution is 5.54. The fourth-order valence-corrected chi connectivity index (χ4v) is 0.258. The van der Waals surface area contributed by atoms with Crippen molar-refractivity contribution in [2.24, 2.45) is 4.99 Å². The van der Waals surface area contributed by atoms with Gasteiger partial charge < -0.3 is 4.90 Å². The molecule has 8 heavy (non-hydrogen) atoms. The Balaban J connectivity index is 3.34. The standard InChI is InChI=1S/C6H12N2/c1-4-5-7-6-8(2)3/h4-6H,1-3H3/b5-4+,7-6?. The van der Waals surface area contributed by atoms with E-state index >= 15 is 0 Å². The molecular weight excluding hydrogens is 100 g/mol. The molecule has 2 heteroatoms. The Morgan fingerprint density at radius 3 is 2.38 bits per heavy atom. The highest BCUT2D eigenvalue weighted by Crippen LogP contribution is 1.71. The zero-order chi connectivity index (χ0) is 6.41. The molecular formula is C6H12N2. The summed E-state index contributed by atoms with van der Waals surface area (Å²) in [6.45, 7) is 1.94. The molecule has 0 spiro atoms. The smallest absolute Gasteiger partial charge is 0.0899 e. The normalized spacial score (nSPS) is 11.4. The summed E-state index contributed by atoms with van der Waals surface area (Å²) in [7, 11) is 3.88. The van der Waals surface area contributed by atoms with Crippen LogP contribution >= 0.6 is 0 Å². The second-order valence-corrected chi connectivity index (χ2v) is 1.71. The summed E-state index contributed by atoms with van der Waals surface area (Å²) in [5.74, 6) is 0. The van der Waals surface area contributed by atoms with Crippen LogP contribution in [0.5, 0.6) is 0 Å². The molecule has 0 N–H and O–H groups in total. The first-order valence-corrected chi connectivity index (χ1v) is 2.58. The Hall–Kier alpha value is -0.790. The second-order valence-electron chi connectivity index (χ2n) is 1.71. The van der Waals surface area contributed by atoms with Gasteiger partial charge in [0.15, 0.2) is 0 Å². The summed E-state index contributed by atoms with van der Waals surface area (Å²) in [5, 5.41) is 0. The van der Waals surface area contributed by atoms with Crippen LogP contribution in [0.2, 0.25) is 0 Å². The molecule has 0 bridgehead atoms. The maximum Gasteiger partial charge on any atom is 0.0899 e. The van der Waals surface area contributed by atoms with Gasteiger partial charge in [-0.1, -0.05) is 6.08 Å². The molecule has 0 aliphatic rings. The lowest BCUT2D eigenvalue weighted by molar-refractivity contribution is 0.643. The molecule has 0 aromatic carbocycles. The predicted octanol–water partition coefficient (Wildman–Crippen LogP) is 1.11. The number of hydrogen-bond acceptors (Lipinski definition) is 1. The number of nitrogens with zero attached hydrogens (tertiary/aromatic N) is 2. The minimum Gasteiger partial charge on any atom is -0.369 e. The average molecular weight is 112 g/mol. The predicted molar refractivity (Wildman–Crippen MR) is 37.0 cm³/mol. The third kappa shape index (κ3) is 5.21. The number of hydrogen-bond donors (Lipinski definition) is 0. The molecule has 0 saturated carbocycles. The minimum atomic E-state index is 1.75. The van der Waals surface area contributed by atoms with Crippen molar-refractivity contribution in [2.75, 3.05) is 14.1 Å². The van der Waals surface area contributed by atoms with Gasteiger partial charge in [-0.25, -0.2) is 4.99 Å². The van der Waals surface area contributed by atoms with E-state index in [0.717, 1.165) is 0 Å². The molecule has 0 aliphatic heterocycles. The largest absolute Gasteiger partial charge is 0.369 e. The van der Waals surface area contributed by atoms with Crippen LogP contribution in [0.1, 0.15) is 6.92 Å². The first-order valence-electron chi connectivity index (χ1n) is 2.58. The van der Waals surface area contributed by atoms with E-state index < -0.39 is 0 Å². The number of allylic oxidation sites excluding steroid dienone is 1. The maximum atomic E-state index is 3.91. The van der Waals surface area contributed by atoms with Crippen molar-refractivity contribution >= 4 is 6.34 Å². The lowest BCUT2D eigenvalue weighted by Gasteiger charge is -1.98. The van der Waals surface area contributed by atoms with E-state index in [2.05, 4.69) is 4.99 Å². The van der Waals surface area contributed by atoms with E-state index in [-0.39, 0.29) is 0 Å². The fourth-order valence-electron chi connectivity index (χ4n) is 0.258. The molecule has 0 rings (SSSR count). The van der Waals surface area contributed by atoms with Gasteiger partial charge in [0.05, 0.1) is 6.34 Å². The number of rotatable bonds is 2. The molecule has 0 heterocycles. The summed E-state index contributed by atoms with van der Waals surface area (Å²) in [5.41, 5.74) is 0. The summed E-state index contributed by atoms with van der Waals surface area (Å²) in [6.07, 6.45) is 5.39. The van der Waals surface area contributed by atoms with E-state index in [4.69, 9.17) is 0 Å². The van der Waals surface area contributed by atoms with E-state index in [1.54, 1.807) is 12.5 Å². The van der Waals surface area contributed by atoms with E-state index in [9.17, 15) is 0 Å². The van der Waals surface area contributed by atoms with Crippen molar-refractivity contribution in [1.29, 1.82) is 0 Å². The van der Waals surface area contributed by atoms with Gasteiger partial charge in [-0.05, 0) is 6.92 Å². The highest BCUT2D eigenvalue weighted by Gasteiger charge is 1.69. The summed E-state index contributed by atoms with van der Waals surface area (Å²) < 4.78 is 0. The molecule has 2 nitrogen and oxygen atoms in total. The van der Waals surface area contributed by atoms with Crippen LogP contribution in [0.15, 0.2) is 17.3 Å². The lowest BCUT2D eigenvalue weighted by Crippen LogP contribution is -2.06. The maximum absolute atomic E-state index is 3.91. The SMILES string of the molecule is C/C=C/N=CN(C)C. The Bertz CT molecular complexity index is 92.7. The quantitative estimate of drug-likeness (QED) is 0.386. The van der Waals surface area contributed by atoms with Gasteiger partial charge in [0.25, 0.3) is 0 Å². The molecule has 46 valence electrons. The van der Waals surface area contributed by atoms with Crippen molar-refractivity contribution in [1.82, 2.24) is 4.90 Å². The van der Waals surface area contributed by atoms with Crippen LogP contribution in [0.3, 0.4) is 0 Å². The van der Waals surface area contributed by atoms with Crippen molar-refractivity contribution in [3.05, 3.63) is 12.3 Å². The van der Waals surface area contributed by atoms with Gasteiger partial charge in [0.2, 0.25) is 0 Å². The second kappa shape index (κ2) is 4.37. The van der Waals surface area contributed by atoms with Crippen molar-refractivity contribution < 1.29 is 0 Å². The van der Waals surface area contributed by atoms with Gasteiger partial charge in [-0.2, -0.15) is 0 Å². The average Bonchev–Trinajstić information content (AvgIpc) is 1.66. The lowest BCUT2D eigenvalue weighted by atomic mass is 10.7. The Morgan fingerprint density at radius 2 is 2.00 bits per heavy atom. The minimum absolute atomic E-state index is 1.75.